The minimum Gasteiger partial charge on any atom is -0.369 e. The summed E-state index contributed by atoms with van der Waals surface area (Å²) in [5.41, 5.74) is 1.97. The van der Waals surface area contributed by atoms with E-state index in [1.54, 1.807) is 26.0 Å². The number of piperazine rings is 1. The molecule has 4 rings (SSSR count). The minimum atomic E-state index is -3.91. The lowest BCUT2D eigenvalue weighted by Crippen LogP contribution is -2.44. The molecule has 0 saturated carbocycles. The largest absolute Gasteiger partial charge is 0.369 e. The Morgan fingerprint density at radius 1 is 0.970 bits per heavy atom. The molecular weight excluding hydrogens is 464 g/mol. The van der Waals surface area contributed by atoms with Crippen molar-refractivity contribution >= 4 is 43.0 Å². The van der Waals surface area contributed by atoms with Crippen molar-refractivity contribution < 1.29 is 21.6 Å². The average Bonchev–Trinajstić information content (AvgIpc) is 2.95. The quantitative estimate of drug-likeness (QED) is 0.679. The second-order valence-electron chi connectivity index (χ2n) is 8.67. The number of amides is 1. The molecule has 178 valence electrons. The molecule has 1 atom stereocenters. The Labute approximate surface area is 195 Å². The maximum absolute atomic E-state index is 13.0. The lowest BCUT2D eigenvalue weighted by atomic mass is 10.2. The van der Waals surface area contributed by atoms with E-state index in [4.69, 9.17) is 0 Å². The van der Waals surface area contributed by atoms with Crippen LogP contribution in [0.1, 0.15) is 12.5 Å². The van der Waals surface area contributed by atoms with Crippen molar-refractivity contribution in [2.45, 2.75) is 18.7 Å². The van der Waals surface area contributed by atoms with Crippen LogP contribution >= 0.6 is 0 Å². The number of rotatable bonds is 5. The molecule has 0 spiro atoms. The zero-order chi connectivity index (χ0) is 24.0. The number of nitrogens with one attached hydrogen (secondary N) is 1. The molecule has 9 nitrogen and oxygen atoms in total. The summed E-state index contributed by atoms with van der Waals surface area (Å²) >= 11 is 0. The number of hydrogen-bond donors (Lipinski definition) is 1. The van der Waals surface area contributed by atoms with Crippen molar-refractivity contribution in [1.29, 1.82) is 0 Å². The molecule has 2 heterocycles. The Morgan fingerprint density at radius 3 is 2.12 bits per heavy atom. The smallest absolute Gasteiger partial charge is 0.262 e. The predicted octanol–water partition coefficient (Wildman–Crippen LogP) is 1.86. The fourth-order valence-electron chi connectivity index (χ4n) is 4.16. The summed E-state index contributed by atoms with van der Waals surface area (Å²) in [5, 5.41) is 0. The third-order valence-corrected chi connectivity index (χ3v) is 9.44. The third-order valence-electron chi connectivity index (χ3n) is 6.03. The first kappa shape index (κ1) is 23.5. The van der Waals surface area contributed by atoms with Gasteiger partial charge >= 0.3 is 0 Å². The molecule has 1 N–H and O–H groups in total. The molecule has 2 saturated heterocycles. The van der Waals surface area contributed by atoms with Crippen LogP contribution in [0.25, 0.3) is 0 Å². The number of aryl methyl sites for hydroxylation is 1. The second-order valence-corrected chi connectivity index (χ2v) is 12.2. The average molecular weight is 493 g/mol. The van der Waals surface area contributed by atoms with Gasteiger partial charge < -0.3 is 9.80 Å². The first-order chi connectivity index (χ1) is 15.5. The number of anilines is 3. The molecular formula is C22H28N4O5S2. The lowest BCUT2D eigenvalue weighted by Gasteiger charge is -2.34. The Morgan fingerprint density at radius 2 is 1.58 bits per heavy atom. The Balaban J connectivity index is 1.52. The maximum atomic E-state index is 13.0. The van der Waals surface area contributed by atoms with Gasteiger partial charge in [-0.25, -0.2) is 21.1 Å². The Hall–Kier alpha value is -2.63. The van der Waals surface area contributed by atoms with Crippen LogP contribution in [0, 0.1) is 12.8 Å². The van der Waals surface area contributed by atoms with Crippen LogP contribution in [0.15, 0.2) is 47.4 Å². The summed E-state index contributed by atoms with van der Waals surface area (Å²) in [7, 11) is -5.57. The molecule has 2 aliphatic heterocycles. The third kappa shape index (κ3) is 4.71. The summed E-state index contributed by atoms with van der Waals surface area (Å²) in [6.45, 7) is 6.93. The summed E-state index contributed by atoms with van der Waals surface area (Å²) in [6, 6.07) is 11.3. The Kier molecular flexibility index (Phi) is 6.14. The Bertz CT molecular complexity index is 1270. The van der Waals surface area contributed by atoms with Gasteiger partial charge in [0, 0.05) is 37.6 Å². The molecule has 0 unspecified atom stereocenters. The van der Waals surface area contributed by atoms with E-state index >= 15 is 0 Å². The van der Waals surface area contributed by atoms with Gasteiger partial charge in [-0.05, 0) is 62.0 Å². The molecule has 0 bridgehead atoms. The van der Waals surface area contributed by atoms with E-state index in [-0.39, 0.29) is 16.3 Å². The van der Waals surface area contributed by atoms with E-state index in [0.717, 1.165) is 36.2 Å². The van der Waals surface area contributed by atoms with E-state index in [9.17, 15) is 21.6 Å². The highest BCUT2D eigenvalue weighted by molar-refractivity contribution is 7.94. The van der Waals surface area contributed by atoms with Crippen molar-refractivity contribution in [3.8, 4) is 0 Å². The first-order valence-electron chi connectivity index (χ1n) is 10.7. The van der Waals surface area contributed by atoms with Gasteiger partial charge in [-0.15, -0.1) is 0 Å². The fraction of sp³-hybridized carbons (Fsp3) is 0.409. The summed E-state index contributed by atoms with van der Waals surface area (Å²) in [4.78, 5) is 16.9. The van der Waals surface area contributed by atoms with Crippen LogP contribution in [0.4, 0.5) is 17.1 Å². The van der Waals surface area contributed by atoms with Crippen molar-refractivity contribution in [1.82, 2.24) is 4.90 Å². The monoisotopic (exact) mass is 492 g/mol. The van der Waals surface area contributed by atoms with Crippen molar-refractivity contribution in [3.05, 3.63) is 48.0 Å². The SMILES string of the molecule is Cc1cc(N2C(=O)[C@@H](C)CS2(=O)=O)ccc1S(=O)(=O)Nc1ccc(N2CCN(C)CC2)cc1. The standard InChI is InChI=1S/C22H28N4O5S2/c1-16-14-20(26-22(27)17(2)15-32(26,28)29)8-9-21(16)33(30,31)23-18-4-6-19(7-5-18)25-12-10-24(3)11-13-25/h4-9,14,17,23H,10-13,15H2,1-3H3/t17-/m0/s1. The van der Waals surface area contributed by atoms with Gasteiger partial charge in [-0.2, -0.15) is 0 Å². The van der Waals surface area contributed by atoms with E-state index < -0.39 is 31.9 Å². The number of nitrogens with zero attached hydrogens (tertiary/aromatic N) is 3. The van der Waals surface area contributed by atoms with Crippen LogP contribution in [0.2, 0.25) is 0 Å². The summed E-state index contributed by atoms with van der Waals surface area (Å²) < 4.78 is 54.0. The van der Waals surface area contributed by atoms with E-state index in [2.05, 4.69) is 21.6 Å². The highest BCUT2D eigenvalue weighted by atomic mass is 32.2. The lowest BCUT2D eigenvalue weighted by molar-refractivity contribution is -0.119. The first-order valence-corrected chi connectivity index (χ1v) is 13.8. The number of benzene rings is 2. The predicted molar refractivity (Wildman–Crippen MR) is 129 cm³/mol. The molecule has 0 aliphatic carbocycles. The van der Waals surface area contributed by atoms with Gasteiger partial charge in [0.2, 0.25) is 15.9 Å². The zero-order valence-electron chi connectivity index (χ0n) is 18.9. The maximum Gasteiger partial charge on any atom is 0.262 e. The number of hydrogen-bond acceptors (Lipinski definition) is 7. The highest BCUT2D eigenvalue weighted by Gasteiger charge is 2.42. The zero-order valence-corrected chi connectivity index (χ0v) is 20.5. The van der Waals surface area contributed by atoms with Gasteiger partial charge in [0.05, 0.1) is 22.3 Å². The van der Waals surface area contributed by atoms with E-state index in [0.29, 0.717) is 11.3 Å². The van der Waals surface area contributed by atoms with E-state index in [1.807, 2.05) is 12.1 Å². The molecule has 2 aromatic carbocycles. The molecule has 2 aliphatic rings. The molecule has 2 fully saturated rings. The molecule has 33 heavy (non-hydrogen) atoms. The number of carbonyl (C=O) groups is 1. The van der Waals surface area contributed by atoms with Crippen LogP contribution in [-0.4, -0.2) is 66.6 Å². The molecule has 11 heteroatoms. The van der Waals surface area contributed by atoms with Gasteiger partial charge in [0.1, 0.15) is 0 Å². The summed E-state index contributed by atoms with van der Waals surface area (Å²) in [5.74, 6) is -1.39. The van der Waals surface area contributed by atoms with Crippen LogP contribution < -0.4 is 13.9 Å². The second kappa shape index (κ2) is 8.62. The molecule has 0 radical (unpaired) electrons. The highest BCUT2D eigenvalue weighted by Crippen LogP contribution is 2.31. The van der Waals surface area contributed by atoms with E-state index in [1.165, 1.54) is 18.2 Å². The molecule has 2 aromatic rings. The normalized spacial score (nSPS) is 21.4. The van der Waals surface area contributed by atoms with Gasteiger partial charge in [-0.3, -0.25) is 9.52 Å². The molecule has 1 amide bonds. The van der Waals surface area contributed by atoms with Crippen molar-refractivity contribution in [2.24, 2.45) is 5.92 Å². The minimum absolute atomic E-state index is 0.0199. The van der Waals surface area contributed by atoms with Gasteiger partial charge in [0.15, 0.2) is 0 Å². The number of likely N-dealkylation sites (N-methyl/N-ethyl adjacent to an activating group) is 1. The number of sulfonamides is 2. The topological polar surface area (TPSA) is 107 Å². The van der Waals surface area contributed by atoms with Crippen molar-refractivity contribution in [2.75, 3.05) is 52.9 Å². The van der Waals surface area contributed by atoms with Crippen molar-refractivity contribution in [3.63, 3.8) is 0 Å². The van der Waals surface area contributed by atoms with Crippen LogP contribution in [0.3, 0.4) is 0 Å². The van der Waals surface area contributed by atoms with Crippen LogP contribution in [0.5, 0.6) is 0 Å². The van der Waals surface area contributed by atoms with Gasteiger partial charge in [-0.1, -0.05) is 6.92 Å². The number of carbonyl (C=O) groups excluding carboxylic acids is 1. The van der Waals surface area contributed by atoms with Gasteiger partial charge in [0.25, 0.3) is 10.0 Å². The van der Waals surface area contributed by atoms with Crippen LogP contribution in [-0.2, 0) is 24.8 Å². The fourth-order valence-corrected chi connectivity index (χ4v) is 7.26. The summed E-state index contributed by atoms with van der Waals surface area (Å²) in [6.07, 6.45) is 0. The molecule has 0 aromatic heterocycles.